The maximum atomic E-state index is 10.5. The van der Waals surface area contributed by atoms with Crippen LogP contribution in [0, 0.1) is 17.0 Å². The number of hydrogen-bond donors (Lipinski definition) is 2. The Morgan fingerprint density at radius 1 is 1.60 bits per heavy atom. The molecule has 1 rings (SSSR count). The Balaban J connectivity index is 2.79. The minimum Gasteiger partial charge on any atom is -0.392 e. The van der Waals surface area contributed by atoms with Gasteiger partial charge in [0.2, 0.25) is 0 Å². The zero-order valence-electron chi connectivity index (χ0n) is 8.73. The zero-order valence-corrected chi connectivity index (χ0v) is 8.73. The van der Waals surface area contributed by atoms with Gasteiger partial charge in [0.15, 0.2) is 0 Å². The van der Waals surface area contributed by atoms with E-state index in [0.29, 0.717) is 6.54 Å². The predicted molar refractivity (Wildman–Crippen MR) is 58.0 cm³/mol. The summed E-state index contributed by atoms with van der Waals surface area (Å²) in [6.07, 6.45) is -0.445. The molecule has 5 heteroatoms. The first-order valence-corrected chi connectivity index (χ1v) is 4.67. The van der Waals surface area contributed by atoms with Crippen molar-refractivity contribution in [3.05, 3.63) is 33.9 Å². The molecule has 0 saturated heterocycles. The van der Waals surface area contributed by atoms with Gasteiger partial charge in [-0.1, -0.05) is 0 Å². The average Bonchev–Trinajstić information content (AvgIpc) is 2.15. The molecule has 0 aromatic heterocycles. The first-order valence-electron chi connectivity index (χ1n) is 4.67. The molecule has 0 fully saturated rings. The number of aliphatic hydroxyl groups excluding tert-OH is 1. The molecule has 0 aliphatic carbocycles. The lowest BCUT2D eigenvalue weighted by molar-refractivity contribution is -0.384. The Kier molecular flexibility index (Phi) is 3.62. The third-order valence-corrected chi connectivity index (χ3v) is 2.01. The number of anilines is 1. The minimum absolute atomic E-state index is 0.0788. The van der Waals surface area contributed by atoms with Crippen LogP contribution in [0.2, 0.25) is 0 Å². The van der Waals surface area contributed by atoms with E-state index in [2.05, 4.69) is 5.32 Å². The number of nitro groups is 1. The van der Waals surface area contributed by atoms with Crippen LogP contribution in [0.1, 0.15) is 12.5 Å². The summed E-state index contributed by atoms with van der Waals surface area (Å²) >= 11 is 0. The van der Waals surface area contributed by atoms with Crippen molar-refractivity contribution in [2.45, 2.75) is 20.0 Å². The van der Waals surface area contributed by atoms with Crippen LogP contribution in [0.4, 0.5) is 11.4 Å². The molecule has 0 radical (unpaired) electrons. The number of nitrogens with one attached hydrogen (secondary N) is 1. The van der Waals surface area contributed by atoms with Gasteiger partial charge in [0, 0.05) is 24.4 Å². The molecule has 1 aromatic rings. The van der Waals surface area contributed by atoms with Gasteiger partial charge in [0.05, 0.1) is 11.0 Å². The lowest BCUT2D eigenvalue weighted by atomic mass is 10.2. The van der Waals surface area contributed by atoms with Crippen LogP contribution in [-0.2, 0) is 0 Å². The first-order chi connectivity index (χ1) is 7.00. The molecule has 0 aliphatic rings. The van der Waals surface area contributed by atoms with Crippen molar-refractivity contribution in [3.8, 4) is 0 Å². The van der Waals surface area contributed by atoms with Gasteiger partial charge < -0.3 is 10.4 Å². The third kappa shape index (κ3) is 3.21. The summed E-state index contributed by atoms with van der Waals surface area (Å²) in [5.74, 6) is 0. The first kappa shape index (κ1) is 11.5. The predicted octanol–water partition coefficient (Wildman–Crippen LogP) is 1.70. The van der Waals surface area contributed by atoms with Crippen LogP contribution in [-0.4, -0.2) is 22.7 Å². The van der Waals surface area contributed by atoms with Gasteiger partial charge in [0.1, 0.15) is 0 Å². The fraction of sp³-hybridized carbons (Fsp3) is 0.400. The monoisotopic (exact) mass is 210 g/mol. The normalized spacial score (nSPS) is 12.2. The van der Waals surface area contributed by atoms with Gasteiger partial charge in [0.25, 0.3) is 5.69 Å². The molecular formula is C10H14N2O3. The molecule has 0 spiro atoms. The molecule has 1 atom stereocenters. The van der Waals surface area contributed by atoms with Gasteiger partial charge in [-0.25, -0.2) is 0 Å². The summed E-state index contributed by atoms with van der Waals surface area (Å²) in [5.41, 5.74) is 1.68. The van der Waals surface area contributed by atoms with E-state index in [1.165, 1.54) is 12.1 Å². The lowest BCUT2D eigenvalue weighted by Crippen LogP contribution is -2.15. The number of nitro benzene ring substituents is 1. The molecule has 15 heavy (non-hydrogen) atoms. The van der Waals surface area contributed by atoms with Crippen LogP contribution in [0.3, 0.4) is 0 Å². The van der Waals surface area contributed by atoms with E-state index in [1.807, 2.05) is 0 Å². The molecule has 0 amide bonds. The quantitative estimate of drug-likeness (QED) is 0.585. The maximum absolute atomic E-state index is 10.5. The average molecular weight is 210 g/mol. The van der Waals surface area contributed by atoms with Crippen molar-refractivity contribution in [2.24, 2.45) is 0 Å². The molecule has 82 valence electrons. The highest BCUT2D eigenvalue weighted by Gasteiger charge is 2.07. The third-order valence-electron chi connectivity index (χ3n) is 2.01. The van der Waals surface area contributed by atoms with Crippen LogP contribution in [0.5, 0.6) is 0 Å². The Bertz CT molecular complexity index is 364. The molecular weight excluding hydrogens is 196 g/mol. The molecule has 0 aliphatic heterocycles. The SMILES string of the molecule is Cc1cc([N+](=O)[O-])ccc1NCC(C)O. The van der Waals surface area contributed by atoms with Crippen LogP contribution >= 0.6 is 0 Å². The van der Waals surface area contributed by atoms with Crippen molar-refractivity contribution < 1.29 is 10.0 Å². The molecule has 2 N–H and O–H groups in total. The number of rotatable bonds is 4. The molecule has 5 nitrogen and oxygen atoms in total. The van der Waals surface area contributed by atoms with Gasteiger partial charge in [-0.2, -0.15) is 0 Å². The number of aryl methyl sites for hydroxylation is 1. The smallest absolute Gasteiger partial charge is 0.269 e. The summed E-state index contributed by atoms with van der Waals surface area (Å²) in [6.45, 7) is 3.89. The van der Waals surface area contributed by atoms with Gasteiger partial charge >= 0.3 is 0 Å². The minimum atomic E-state index is -0.445. The Morgan fingerprint density at radius 3 is 2.73 bits per heavy atom. The number of benzene rings is 1. The number of nitrogens with zero attached hydrogens (tertiary/aromatic N) is 1. The van der Waals surface area contributed by atoms with E-state index in [0.717, 1.165) is 11.3 Å². The fourth-order valence-corrected chi connectivity index (χ4v) is 1.22. The summed E-state index contributed by atoms with van der Waals surface area (Å²) in [4.78, 5) is 10.1. The van der Waals surface area contributed by atoms with Crippen molar-refractivity contribution in [2.75, 3.05) is 11.9 Å². The highest BCUT2D eigenvalue weighted by Crippen LogP contribution is 2.20. The van der Waals surface area contributed by atoms with E-state index in [1.54, 1.807) is 19.9 Å². The van der Waals surface area contributed by atoms with Crippen LogP contribution in [0.25, 0.3) is 0 Å². The van der Waals surface area contributed by atoms with Crippen LogP contribution in [0.15, 0.2) is 18.2 Å². The summed E-state index contributed by atoms with van der Waals surface area (Å²) in [5, 5.41) is 22.6. The van der Waals surface area contributed by atoms with Gasteiger partial charge in [-0.05, 0) is 25.5 Å². The summed E-state index contributed by atoms with van der Waals surface area (Å²) < 4.78 is 0. The Hall–Kier alpha value is -1.62. The van der Waals surface area contributed by atoms with Crippen molar-refractivity contribution >= 4 is 11.4 Å². The van der Waals surface area contributed by atoms with Crippen LogP contribution < -0.4 is 5.32 Å². The van der Waals surface area contributed by atoms with E-state index in [9.17, 15) is 10.1 Å². The Labute approximate surface area is 87.9 Å². The molecule has 0 saturated carbocycles. The largest absolute Gasteiger partial charge is 0.392 e. The number of aliphatic hydroxyl groups is 1. The molecule has 0 bridgehead atoms. The van der Waals surface area contributed by atoms with E-state index in [4.69, 9.17) is 5.11 Å². The van der Waals surface area contributed by atoms with Crippen molar-refractivity contribution in [1.29, 1.82) is 0 Å². The van der Waals surface area contributed by atoms with E-state index in [-0.39, 0.29) is 5.69 Å². The highest BCUT2D eigenvalue weighted by molar-refractivity contribution is 5.55. The molecule has 1 aromatic carbocycles. The lowest BCUT2D eigenvalue weighted by Gasteiger charge is -2.10. The second-order valence-electron chi connectivity index (χ2n) is 3.49. The molecule has 1 unspecified atom stereocenters. The molecule has 0 heterocycles. The second-order valence-corrected chi connectivity index (χ2v) is 3.49. The second kappa shape index (κ2) is 4.75. The number of hydrogen-bond acceptors (Lipinski definition) is 4. The summed E-state index contributed by atoms with van der Waals surface area (Å²) in [7, 11) is 0. The fourth-order valence-electron chi connectivity index (χ4n) is 1.22. The Morgan fingerprint density at radius 2 is 2.27 bits per heavy atom. The number of non-ortho nitro benzene ring substituents is 1. The highest BCUT2D eigenvalue weighted by atomic mass is 16.6. The van der Waals surface area contributed by atoms with Gasteiger partial charge in [-0.3, -0.25) is 10.1 Å². The van der Waals surface area contributed by atoms with E-state index < -0.39 is 11.0 Å². The summed E-state index contributed by atoms with van der Waals surface area (Å²) in [6, 6.07) is 4.59. The van der Waals surface area contributed by atoms with Gasteiger partial charge in [-0.15, -0.1) is 0 Å². The van der Waals surface area contributed by atoms with Crippen molar-refractivity contribution in [1.82, 2.24) is 0 Å². The zero-order chi connectivity index (χ0) is 11.4. The van der Waals surface area contributed by atoms with Crippen molar-refractivity contribution in [3.63, 3.8) is 0 Å². The van der Waals surface area contributed by atoms with E-state index >= 15 is 0 Å². The maximum Gasteiger partial charge on any atom is 0.269 e. The standard InChI is InChI=1S/C10H14N2O3/c1-7-5-9(12(14)15)3-4-10(7)11-6-8(2)13/h3-5,8,11,13H,6H2,1-2H3. The topological polar surface area (TPSA) is 75.4 Å².